The Kier molecular flexibility index (Phi) is 6.64. The Bertz CT molecular complexity index is 676. The molecule has 2 heterocycles. The quantitative estimate of drug-likeness (QED) is 0.442. The number of hydrogen-bond acceptors (Lipinski definition) is 8. The summed E-state index contributed by atoms with van der Waals surface area (Å²) >= 11 is 0. The Labute approximate surface area is 138 Å². The molecule has 3 N–H and O–H groups in total. The number of carbonyl (C=O) groups excluding carboxylic acids is 1. The van der Waals surface area contributed by atoms with Crippen molar-refractivity contribution < 1.29 is 23.7 Å². The van der Waals surface area contributed by atoms with E-state index in [-0.39, 0.29) is 12.7 Å². The van der Waals surface area contributed by atoms with Crippen molar-refractivity contribution in [2.24, 2.45) is 0 Å². The first-order valence-corrected chi connectivity index (χ1v) is 8.54. The minimum Gasteiger partial charge on any atom is -0.468 e. The van der Waals surface area contributed by atoms with E-state index in [4.69, 9.17) is 9.26 Å². The van der Waals surface area contributed by atoms with Gasteiger partial charge in [0.25, 0.3) is 14.1 Å². The fourth-order valence-electron chi connectivity index (χ4n) is 2.25. The van der Waals surface area contributed by atoms with Gasteiger partial charge < -0.3 is 18.9 Å². The van der Waals surface area contributed by atoms with Crippen molar-refractivity contribution in [3.05, 3.63) is 33.1 Å². The molecule has 24 heavy (non-hydrogen) atoms. The molecule has 1 saturated heterocycles. The van der Waals surface area contributed by atoms with Gasteiger partial charge in [-0.25, -0.2) is 9.88 Å². The Balaban J connectivity index is 1.80. The molecule has 0 amide bonds. The van der Waals surface area contributed by atoms with Crippen LogP contribution in [0.2, 0.25) is 0 Å². The van der Waals surface area contributed by atoms with E-state index in [0.717, 1.165) is 0 Å². The van der Waals surface area contributed by atoms with E-state index in [9.17, 15) is 19.3 Å². The minimum absolute atomic E-state index is 0.109. The van der Waals surface area contributed by atoms with Gasteiger partial charge in [-0.05, 0) is 19.8 Å². The SMILES string of the molecule is COC(=O)C(C)NP(O)OCC1CCC(n2ccc(=O)[nH]c2=O)O1. The lowest BCUT2D eigenvalue weighted by molar-refractivity contribution is -0.142. The third-order valence-electron chi connectivity index (χ3n) is 3.49. The highest BCUT2D eigenvalue weighted by atomic mass is 31.2. The molecule has 1 aromatic heterocycles. The molecule has 1 aliphatic rings. The molecule has 0 spiro atoms. The summed E-state index contributed by atoms with van der Waals surface area (Å²) in [4.78, 5) is 45.9. The summed E-state index contributed by atoms with van der Waals surface area (Å²) in [6, 6.07) is 0.558. The summed E-state index contributed by atoms with van der Waals surface area (Å²) < 4.78 is 16.8. The second-order valence-corrected chi connectivity index (χ2v) is 6.31. The molecule has 2 rings (SSSR count). The number of aromatic nitrogens is 2. The van der Waals surface area contributed by atoms with Gasteiger partial charge in [0.05, 0.1) is 19.8 Å². The smallest absolute Gasteiger partial charge is 0.330 e. The molecule has 0 aliphatic carbocycles. The molecule has 134 valence electrons. The van der Waals surface area contributed by atoms with Crippen molar-refractivity contribution in [1.29, 1.82) is 0 Å². The fraction of sp³-hybridized carbons (Fsp3) is 0.615. The standard InChI is InChI=1S/C13H20N3O7P/c1-8(12(18)21-2)15-24(20)22-7-9-3-4-11(23-9)16-6-5-10(17)14-13(16)19/h5-6,8-9,11,15,20H,3-4,7H2,1-2H3,(H,14,17,19). The summed E-state index contributed by atoms with van der Waals surface area (Å²) in [5, 5.41) is 2.59. The molecule has 11 heteroatoms. The summed E-state index contributed by atoms with van der Waals surface area (Å²) in [6.45, 7) is 1.66. The van der Waals surface area contributed by atoms with E-state index in [1.165, 1.54) is 23.9 Å². The minimum atomic E-state index is -2.00. The van der Waals surface area contributed by atoms with Crippen LogP contribution in [0, 0.1) is 0 Å². The van der Waals surface area contributed by atoms with Gasteiger partial charge in [-0.3, -0.25) is 19.1 Å². The van der Waals surface area contributed by atoms with Crippen LogP contribution < -0.4 is 16.3 Å². The zero-order valence-electron chi connectivity index (χ0n) is 13.3. The first-order valence-electron chi connectivity index (χ1n) is 7.33. The van der Waals surface area contributed by atoms with Gasteiger partial charge in [0, 0.05) is 12.3 Å². The van der Waals surface area contributed by atoms with Crippen molar-refractivity contribution in [2.75, 3.05) is 13.7 Å². The van der Waals surface area contributed by atoms with Gasteiger partial charge in [0.15, 0.2) is 0 Å². The largest absolute Gasteiger partial charge is 0.468 e. The van der Waals surface area contributed by atoms with Crippen LogP contribution in [-0.4, -0.2) is 46.3 Å². The first-order chi connectivity index (χ1) is 11.4. The number of rotatable bonds is 7. The predicted molar refractivity (Wildman–Crippen MR) is 84.2 cm³/mol. The van der Waals surface area contributed by atoms with Crippen LogP contribution in [0.15, 0.2) is 21.9 Å². The van der Waals surface area contributed by atoms with Gasteiger partial charge in [-0.1, -0.05) is 0 Å². The van der Waals surface area contributed by atoms with Crippen molar-refractivity contribution in [2.45, 2.75) is 38.1 Å². The van der Waals surface area contributed by atoms with Crippen molar-refractivity contribution in [1.82, 2.24) is 14.6 Å². The number of nitrogens with zero attached hydrogens (tertiary/aromatic N) is 1. The van der Waals surface area contributed by atoms with Crippen molar-refractivity contribution >= 4 is 14.5 Å². The van der Waals surface area contributed by atoms with Gasteiger partial charge in [0.1, 0.15) is 12.3 Å². The Morgan fingerprint density at radius 2 is 2.33 bits per heavy atom. The van der Waals surface area contributed by atoms with Crippen LogP contribution in [0.4, 0.5) is 0 Å². The molecule has 4 atom stereocenters. The highest BCUT2D eigenvalue weighted by molar-refractivity contribution is 7.43. The van der Waals surface area contributed by atoms with Crippen molar-refractivity contribution in [3.63, 3.8) is 0 Å². The van der Waals surface area contributed by atoms with Crippen LogP contribution in [0.1, 0.15) is 26.0 Å². The van der Waals surface area contributed by atoms with E-state index < -0.39 is 38.0 Å². The van der Waals surface area contributed by atoms with Crippen LogP contribution in [0.3, 0.4) is 0 Å². The number of aromatic amines is 1. The molecule has 1 fully saturated rings. The summed E-state index contributed by atoms with van der Waals surface area (Å²) in [6.07, 6.45) is 1.80. The monoisotopic (exact) mass is 361 g/mol. The maximum atomic E-state index is 11.7. The predicted octanol–water partition coefficient (Wildman–Crippen LogP) is -0.399. The number of methoxy groups -OCH3 is 1. The van der Waals surface area contributed by atoms with Crippen molar-refractivity contribution in [3.8, 4) is 0 Å². The maximum Gasteiger partial charge on any atom is 0.330 e. The first kappa shape index (κ1) is 18.8. The Morgan fingerprint density at radius 1 is 1.58 bits per heavy atom. The van der Waals surface area contributed by atoms with E-state index in [0.29, 0.717) is 12.8 Å². The van der Waals surface area contributed by atoms with E-state index in [1.54, 1.807) is 6.92 Å². The molecule has 0 radical (unpaired) electrons. The number of nitrogens with one attached hydrogen (secondary N) is 2. The second kappa shape index (κ2) is 8.50. The number of carbonyl (C=O) groups is 1. The third-order valence-corrected chi connectivity index (χ3v) is 4.49. The normalized spacial score (nSPS) is 23.0. The summed E-state index contributed by atoms with van der Waals surface area (Å²) in [5.41, 5.74) is -1.00. The highest BCUT2D eigenvalue weighted by Gasteiger charge is 2.28. The second-order valence-electron chi connectivity index (χ2n) is 5.25. The van der Waals surface area contributed by atoms with E-state index in [2.05, 4.69) is 14.8 Å². The molecule has 0 aromatic carbocycles. The lowest BCUT2D eigenvalue weighted by atomic mass is 10.2. The van der Waals surface area contributed by atoms with Gasteiger partial charge in [0.2, 0.25) is 0 Å². The van der Waals surface area contributed by atoms with Crippen LogP contribution in [0.5, 0.6) is 0 Å². The van der Waals surface area contributed by atoms with Crippen LogP contribution in [0.25, 0.3) is 0 Å². The Morgan fingerprint density at radius 3 is 3.00 bits per heavy atom. The highest BCUT2D eigenvalue weighted by Crippen LogP contribution is 2.32. The number of esters is 1. The van der Waals surface area contributed by atoms with Gasteiger partial charge >= 0.3 is 11.7 Å². The van der Waals surface area contributed by atoms with E-state index >= 15 is 0 Å². The molecule has 0 bridgehead atoms. The van der Waals surface area contributed by atoms with Crippen LogP contribution in [-0.2, 0) is 18.8 Å². The van der Waals surface area contributed by atoms with Gasteiger partial charge in [-0.2, -0.15) is 0 Å². The number of ether oxygens (including phenoxy) is 2. The zero-order chi connectivity index (χ0) is 17.7. The fourth-order valence-corrected chi connectivity index (χ4v) is 3.07. The average Bonchev–Trinajstić information content (AvgIpc) is 3.00. The Hall–Kier alpha value is -1.58. The molecule has 10 nitrogen and oxygen atoms in total. The van der Waals surface area contributed by atoms with Crippen LogP contribution >= 0.6 is 8.53 Å². The molecule has 1 aromatic rings. The average molecular weight is 361 g/mol. The number of H-pyrrole nitrogens is 1. The zero-order valence-corrected chi connectivity index (χ0v) is 14.2. The lowest BCUT2D eigenvalue weighted by Gasteiger charge is -2.19. The maximum absolute atomic E-state index is 11.7. The summed E-state index contributed by atoms with van der Waals surface area (Å²) in [5.74, 6) is -0.505. The molecular weight excluding hydrogens is 341 g/mol. The lowest BCUT2D eigenvalue weighted by Crippen LogP contribution is -2.32. The molecule has 1 aliphatic heterocycles. The van der Waals surface area contributed by atoms with Gasteiger partial charge in [-0.15, -0.1) is 0 Å². The topological polar surface area (TPSA) is 132 Å². The number of hydrogen-bond donors (Lipinski definition) is 3. The third kappa shape index (κ3) is 4.96. The summed E-state index contributed by atoms with van der Waals surface area (Å²) in [7, 11) is -0.744. The molecular formula is C13H20N3O7P. The van der Waals surface area contributed by atoms with E-state index in [1.807, 2.05) is 0 Å². The molecule has 4 unspecified atom stereocenters. The molecule has 0 saturated carbocycles.